The molecule has 15 heavy (non-hydrogen) atoms. The van der Waals surface area contributed by atoms with Crippen LogP contribution in [0.5, 0.6) is 0 Å². The van der Waals surface area contributed by atoms with Crippen LogP contribution in [-0.4, -0.2) is 29.1 Å². The minimum absolute atomic E-state index is 0.0359. The summed E-state index contributed by atoms with van der Waals surface area (Å²) in [7, 11) is 0. The quantitative estimate of drug-likeness (QED) is 0.752. The lowest BCUT2D eigenvalue weighted by Gasteiger charge is -2.35. The molecule has 1 amide bonds. The molecule has 4 heteroatoms. The van der Waals surface area contributed by atoms with Crippen molar-refractivity contribution in [3.8, 4) is 0 Å². The van der Waals surface area contributed by atoms with Crippen molar-refractivity contribution in [1.29, 1.82) is 0 Å². The monoisotopic (exact) mass is 228 g/mol. The highest BCUT2D eigenvalue weighted by Crippen LogP contribution is 2.27. The Labute approximate surface area is 95.8 Å². The average Bonchev–Trinajstić information content (AvgIpc) is 2.70. The second kappa shape index (κ2) is 4.74. The topological polar surface area (TPSA) is 41.1 Å². The first-order chi connectivity index (χ1) is 7.20. The van der Waals surface area contributed by atoms with E-state index in [2.05, 4.69) is 17.6 Å². The lowest BCUT2D eigenvalue weighted by Crippen LogP contribution is -2.53. The molecular weight excluding hydrogens is 208 g/mol. The standard InChI is InChI=1S/C11H20N2OS/c1-11(5-3-2-4-6-11)13-10(14)9-7-15-8-12-9/h9,12H,2-8H2,1H3,(H,13,14). The fourth-order valence-corrected chi connectivity index (χ4v) is 3.35. The van der Waals surface area contributed by atoms with Gasteiger partial charge in [0.2, 0.25) is 5.91 Å². The third-order valence-electron chi connectivity index (χ3n) is 3.41. The van der Waals surface area contributed by atoms with Crippen LogP contribution in [0.25, 0.3) is 0 Å². The van der Waals surface area contributed by atoms with Crippen molar-refractivity contribution in [3.05, 3.63) is 0 Å². The van der Waals surface area contributed by atoms with Crippen LogP contribution < -0.4 is 10.6 Å². The molecule has 1 aliphatic heterocycles. The number of hydrogen-bond donors (Lipinski definition) is 2. The minimum atomic E-state index is 0.0359. The Hall–Kier alpha value is -0.220. The van der Waals surface area contributed by atoms with Gasteiger partial charge in [-0.2, -0.15) is 0 Å². The van der Waals surface area contributed by atoms with E-state index in [1.165, 1.54) is 19.3 Å². The number of amides is 1. The summed E-state index contributed by atoms with van der Waals surface area (Å²) < 4.78 is 0. The van der Waals surface area contributed by atoms with Gasteiger partial charge in [0.25, 0.3) is 0 Å². The number of carbonyl (C=O) groups is 1. The van der Waals surface area contributed by atoms with E-state index in [4.69, 9.17) is 0 Å². The van der Waals surface area contributed by atoms with Crippen LogP contribution in [-0.2, 0) is 4.79 Å². The van der Waals surface area contributed by atoms with Crippen LogP contribution >= 0.6 is 11.8 Å². The van der Waals surface area contributed by atoms with Gasteiger partial charge in [-0.05, 0) is 19.8 Å². The molecule has 0 spiro atoms. The molecule has 1 unspecified atom stereocenters. The molecule has 1 saturated heterocycles. The maximum absolute atomic E-state index is 11.9. The fraction of sp³-hybridized carbons (Fsp3) is 0.909. The predicted octanol–water partition coefficient (Wildman–Crippen LogP) is 1.49. The largest absolute Gasteiger partial charge is 0.350 e. The molecule has 86 valence electrons. The molecule has 2 aliphatic rings. The van der Waals surface area contributed by atoms with Crippen molar-refractivity contribution < 1.29 is 4.79 Å². The Morgan fingerprint density at radius 3 is 2.73 bits per heavy atom. The first-order valence-corrected chi connectivity index (χ1v) is 6.98. The molecule has 0 aromatic heterocycles. The maximum Gasteiger partial charge on any atom is 0.238 e. The molecule has 2 N–H and O–H groups in total. The first-order valence-electron chi connectivity index (χ1n) is 5.83. The molecule has 0 radical (unpaired) electrons. The van der Waals surface area contributed by atoms with Crippen molar-refractivity contribution >= 4 is 17.7 Å². The predicted molar refractivity (Wildman–Crippen MR) is 63.9 cm³/mol. The molecule has 1 atom stereocenters. The van der Waals surface area contributed by atoms with E-state index in [0.717, 1.165) is 24.5 Å². The highest BCUT2D eigenvalue weighted by atomic mass is 32.2. The van der Waals surface area contributed by atoms with Crippen molar-refractivity contribution in [3.63, 3.8) is 0 Å². The molecular formula is C11H20N2OS. The maximum atomic E-state index is 11.9. The van der Waals surface area contributed by atoms with Crippen LogP contribution in [0.15, 0.2) is 0 Å². The molecule has 2 rings (SSSR count). The Kier molecular flexibility index (Phi) is 3.57. The van der Waals surface area contributed by atoms with E-state index in [-0.39, 0.29) is 17.5 Å². The van der Waals surface area contributed by atoms with Crippen molar-refractivity contribution in [1.82, 2.24) is 10.6 Å². The van der Waals surface area contributed by atoms with E-state index in [0.29, 0.717) is 0 Å². The van der Waals surface area contributed by atoms with Gasteiger partial charge in [0.15, 0.2) is 0 Å². The zero-order chi connectivity index (χ0) is 10.7. The summed E-state index contributed by atoms with van der Waals surface area (Å²) in [5.41, 5.74) is 0.0598. The number of hydrogen-bond acceptors (Lipinski definition) is 3. The van der Waals surface area contributed by atoms with Crippen LogP contribution in [0.2, 0.25) is 0 Å². The fourth-order valence-electron chi connectivity index (χ4n) is 2.41. The Balaban J connectivity index is 1.86. The molecule has 0 bridgehead atoms. The van der Waals surface area contributed by atoms with Gasteiger partial charge in [-0.25, -0.2) is 0 Å². The number of carbonyl (C=O) groups excluding carboxylic acids is 1. The summed E-state index contributed by atoms with van der Waals surface area (Å²) >= 11 is 1.80. The molecule has 0 aromatic rings. The highest BCUT2D eigenvalue weighted by molar-refractivity contribution is 7.99. The van der Waals surface area contributed by atoms with E-state index in [9.17, 15) is 4.79 Å². The lowest BCUT2D eigenvalue weighted by atomic mass is 9.83. The van der Waals surface area contributed by atoms with Gasteiger partial charge < -0.3 is 5.32 Å². The van der Waals surface area contributed by atoms with Crippen LogP contribution in [0.3, 0.4) is 0 Å². The minimum Gasteiger partial charge on any atom is -0.350 e. The van der Waals surface area contributed by atoms with E-state index < -0.39 is 0 Å². The Morgan fingerprint density at radius 1 is 1.40 bits per heavy atom. The normalized spacial score (nSPS) is 30.1. The summed E-state index contributed by atoms with van der Waals surface area (Å²) in [4.78, 5) is 11.9. The van der Waals surface area contributed by atoms with Crippen molar-refractivity contribution in [2.45, 2.75) is 50.6 Å². The zero-order valence-electron chi connectivity index (χ0n) is 9.34. The number of nitrogens with one attached hydrogen (secondary N) is 2. The Bertz CT molecular complexity index is 233. The van der Waals surface area contributed by atoms with Crippen LogP contribution in [0, 0.1) is 0 Å². The summed E-state index contributed by atoms with van der Waals surface area (Å²) in [6, 6.07) is 0.0359. The van der Waals surface area contributed by atoms with Crippen LogP contribution in [0.1, 0.15) is 39.0 Å². The zero-order valence-corrected chi connectivity index (χ0v) is 10.2. The van der Waals surface area contributed by atoms with Gasteiger partial charge in [0, 0.05) is 17.2 Å². The summed E-state index contributed by atoms with van der Waals surface area (Å²) in [5, 5.41) is 6.44. The lowest BCUT2D eigenvalue weighted by molar-refractivity contribution is -0.124. The van der Waals surface area contributed by atoms with E-state index >= 15 is 0 Å². The molecule has 2 fully saturated rings. The van der Waals surface area contributed by atoms with Gasteiger partial charge in [-0.15, -0.1) is 11.8 Å². The number of thioether (sulfide) groups is 1. The smallest absolute Gasteiger partial charge is 0.238 e. The first kappa shape index (κ1) is 11.3. The molecule has 3 nitrogen and oxygen atoms in total. The summed E-state index contributed by atoms with van der Waals surface area (Å²) in [6.45, 7) is 2.19. The third-order valence-corrected chi connectivity index (χ3v) is 4.35. The van der Waals surface area contributed by atoms with Crippen molar-refractivity contribution in [2.75, 3.05) is 11.6 Å². The highest BCUT2D eigenvalue weighted by Gasteiger charge is 2.31. The van der Waals surface area contributed by atoms with Crippen molar-refractivity contribution in [2.24, 2.45) is 0 Å². The summed E-state index contributed by atoms with van der Waals surface area (Å²) in [5.74, 6) is 2.03. The van der Waals surface area contributed by atoms with E-state index in [1.807, 2.05) is 0 Å². The average molecular weight is 228 g/mol. The SMILES string of the molecule is CC1(NC(=O)C2CSCN2)CCCCC1. The van der Waals surface area contributed by atoms with E-state index in [1.54, 1.807) is 11.8 Å². The van der Waals surface area contributed by atoms with Gasteiger partial charge >= 0.3 is 0 Å². The van der Waals surface area contributed by atoms with Gasteiger partial charge in [-0.1, -0.05) is 19.3 Å². The second-order valence-corrected chi connectivity index (χ2v) is 5.91. The van der Waals surface area contributed by atoms with Gasteiger partial charge in [-0.3, -0.25) is 10.1 Å². The third kappa shape index (κ3) is 2.88. The van der Waals surface area contributed by atoms with Gasteiger partial charge in [0.05, 0.1) is 6.04 Å². The molecule has 1 aliphatic carbocycles. The number of rotatable bonds is 2. The Morgan fingerprint density at radius 2 is 2.13 bits per heavy atom. The van der Waals surface area contributed by atoms with Crippen LogP contribution in [0.4, 0.5) is 0 Å². The van der Waals surface area contributed by atoms with Gasteiger partial charge in [0.1, 0.15) is 0 Å². The molecule has 1 saturated carbocycles. The second-order valence-electron chi connectivity index (χ2n) is 4.88. The molecule has 1 heterocycles. The summed E-state index contributed by atoms with van der Waals surface area (Å²) in [6.07, 6.45) is 6.10. The molecule has 0 aromatic carbocycles.